The van der Waals surface area contributed by atoms with Gasteiger partial charge in [-0.25, -0.2) is 4.79 Å². The van der Waals surface area contributed by atoms with E-state index in [1.807, 2.05) is 73.6 Å². The number of hydrogen-bond acceptors (Lipinski definition) is 5. The molecule has 1 saturated heterocycles. The van der Waals surface area contributed by atoms with Gasteiger partial charge in [0.25, 0.3) is 0 Å². The van der Waals surface area contributed by atoms with Crippen LogP contribution in [0.1, 0.15) is 17.2 Å². The number of nitrogens with zero attached hydrogens (tertiary/aromatic N) is 4. The molecule has 1 amide bonds. The predicted molar refractivity (Wildman–Crippen MR) is 109 cm³/mol. The van der Waals surface area contributed by atoms with Gasteiger partial charge in [0.05, 0.1) is 6.07 Å². The second-order valence-electron chi connectivity index (χ2n) is 7.08. The highest BCUT2D eigenvalue weighted by atomic mass is 16.6. The SMILES string of the molecule is CN(C)c1ccc(C(C#N)N2CCN(C(=O)OCc3ccccc3)CC2)cc1. The van der Waals surface area contributed by atoms with Gasteiger partial charge in [0.1, 0.15) is 12.6 Å². The van der Waals surface area contributed by atoms with Crippen molar-refractivity contribution in [3.63, 3.8) is 0 Å². The van der Waals surface area contributed by atoms with Crippen LogP contribution < -0.4 is 4.90 Å². The minimum absolute atomic E-state index is 0.277. The summed E-state index contributed by atoms with van der Waals surface area (Å²) in [6.45, 7) is 2.68. The van der Waals surface area contributed by atoms with Crippen LogP contribution in [0, 0.1) is 11.3 Å². The molecule has 1 aliphatic rings. The monoisotopic (exact) mass is 378 g/mol. The Hall–Kier alpha value is -3.04. The van der Waals surface area contributed by atoms with E-state index in [-0.39, 0.29) is 18.7 Å². The Morgan fingerprint density at radius 3 is 2.29 bits per heavy atom. The van der Waals surface area contributed by atoms with Crippen molar-refractivity contribution in [1.29, 1.82) is 5.26 Å². The van der Waals surface area contributed by atoms with Gasteiger partial charge in [-0.15, -0.1) is 0 Å². The Labute approximate surface area is 166 Å². The number of anilines is 1. The average molecular weight is 378 g/mol. The number of piperazine rings is 1. The molecular weight excluding hydrogens is 352 g/mol. The minimum atomic E-state index is -0.307. The third-order valence-electron chi connectivity index (χ3n) is 4.99. The van der Waals surface area contributed by atoms with Crippen molar-refractivity contribution in [2.24, 2.45) is 0 Å². The molecule has 0 N–H and O–H groups in total. The highest BCUT2D eigenvalue weighted by Gasteiger charge is 2.27. The Morgan fingerprint density at radius 1 is 1.07 bits per heavy atom. The van der Waals surface area contributed by atoms with Crippen LogP contribution in [0.3, 0.4) is 0 Å². The summed E-state index contributed by atoms with van der Waals surface area (Å²) in [4.78, 5) is 18.2. The van der Waals surface area contributed by atoms with Gasteiger partial charge >= 0.3 is 6.09 Å². The fraction of sp³-hybridized carbons (Fsp3) is 0.364. The molecule has 6 nitrogen and oxygen atoms in total. The van der Waals surface area contributed by atoms with Crippen molar-refractivity contribution in [3.8, 4) is 6.07 Å². The first kappa shape index (κ1) is 19.7. The highest BCUT2D eigenvalue weighted by molar-refractivity contribution is 5.67. The third kappa shape index (κ3) is 4.81. The largest absolute Gasteiger partial charge is 0.445 e. The molecule has 2 aromatic carbocycles. The summed E-state index contributed by atoms with van der Waals surface area (Å²) in [5.74, 6) is 0. The molecule has 1 atom stereocenters. The summed E-state index contributed by atoms with van der Waals surface area (Å²) in [6, 6.07) is 19.8. The van der Waals surface area contributed by atoms with E-state index in [1.54, 1.807) is 4.90 Å². The lowest BCUT2D eigenvalue weighted by Gasteiger charge is -2.36. The van der Waals surface area contributed by atoms with Gasteiger partial charge in [0, 0.05) is 46.0 Å². The van der Waals surface area contributed by atoms with Crippen molar-refractivity contribution >= 4 is 11.8 Å². The van der Waals surface area contributed by atoms with Crippen LogP contribution in [-0.2, 0) is 11.3 Å². The molecule has 0 aliphatic carbocycles. The van der Waals surface area contributed by atoms with Crippen LogP contribution in [0.2, 0.25) is 0 Å². The van der Waals surface area contributed by atoms with Crippen molar-refractivity contribution in [1.82, 2.24) is 9.80 Å². The van der Waals surface area contributed by atoms with Crippen LogP contribution >= 0.6 is 0 Å². The maximum absolute atomic E-state index is 12.3. The zero-order valence-electron chi connectivity index (χ0n) is 16.4. The Kier molecular flexibility index (Phi) is 6.51. The zero-order chi connectivity index (χ0) is 19.9. The van der Waals surface area contributed by atoms with Crippen molar-refractivity contribution in [3.05, 3.63) is 65.7 Å². The quantitative estimate of drug-likeness (QED) is 0.799. The maximum atomic E-state index is 12.3. The average Bonchev–Trinajstić information content (AvgIpc) is 2.74. The van der Waals surface area contributed by atoms with Gasteiger partial charge in [0.15, 0.2) is 0 Å². The summed E-state index contributed by atoms with van der Waals surface area (Å²) in [5.41, 5.74) is 3.06. The van der Waals surface area contributed by atoms with Gasteiger partial charge in [-0.2, -0.15) is 5.26 Å². The smallest absolute Gasteiger partial charge is 0.410 e. The minimum Gasteiger partial charge on any atom is -0.445 e. The standard InChI is InChI=1S/C22H26N4O2/c1-24(2)20-10-8-19(9-11-20)21(16-23)25-12-14-26(15-13-25)22(27)28-17-18-6-4-3-5-7-18/h3-11,21H,12-15,17H2,1-2H3. The summed E-state index contributed by atoms with van der Waals surface area (Å²) in [6.07, 6.45) is -0.299. The number of carbonyl (C=O) groups excluding carboxylic acids is 1. The van der Waals surface area contributed by atoms with E-state index >= 15 is 0 Å². The molecule has 0 saturated carbocycles. The molecule has 2 aromatic rings. The first-order chi connectivity index (χ1) is 13.6. The zero-order valence-corrected chi connectivity index (χ0v) is 16.4. The van der Waals surface area contributed by atoms with Crippen molar-refractivity contribution in [2.45, 2.75) is 12.6 Å². The Balaban J connectivity index is 1.53. The summed E-state index contributed by atoms with van der Waals surface area (Å²) >= 11 is 0. The van der Waals surface area contributed by atoms with Crippen LogP contribution in [0.4, 0.5) is 10.5 Å². The molecule has 0 radical (unpaired) electrons. The molecule has 146 valence electrons. The van der Waals surface area contributed by atoms with E-state index in [4.69, 9.17) is 4.74 Å². The first-order valence-electron chi connectivity index (χ1n) is 9.45. The second-order valence-corrected chi connectivity index (χ2v) is 7.08. The van der Waals surface area contributed by atoms with Crippen LogP contribution in [0.5, 0.6) is 0 Å². The van der Waals surface area contributed by atoms with Gasteiger partial charge in [-0.3, -0.25) is 4.90 Å². The fourth-order valence-corrected chi connectivity index (χ4v) is 3.30. The predicted octanol–water partition coefficient (Wildman–Crippen LogP) is 3.27. The number of amides is 1. The molecule has 3 rings (SSSR count). The number of ether oxygens (including phenoxy) is 1. The number of hydrogen-bond donors (Lipinski definition) is 0. The molecule has 0 aromatic heterocycles. The number of nitriles is 1. The van der Waals surface area contributed by atoms with Crippen LogP contribution in [-0.4, -0.2) is 56.2 Å². The van der Waals surface area contributed by atoms with Gasteiger partial charge in [0.2, 0.25) is 0 Å². The van der Waals surface area contributed by atoms with Crippen LogP contribution in [0.15, 0.2) is 54.6 Å². The number of rotatable bonds is 5. The van der Waals surface area contributed by atoms with E-state index < -0.39 is 0 Å². The fourth-order valence-electron chi connectivity index (χ4n) is 3.30. The van der Waals surface area contributed by atoms with E-state index in [9.17, 15) is 10.1 Å². The molecule has 0 bridgehead atoms. The molecular formula is C22H26N4O2. The van der Waals surface area contributed by atoms with E-state index in [1.165, 1.54) is 0 Å². The highest BCUT2D eigenvalue weighted by Crippen LogP contribution is 2.24. The third-order valence-corrected chi connectivity index (χ3v) is 4.99. The van der Waals surface area contributed by atoms with E-state index in [0.717, 1.165) is 16.8 Å². The number of benzene rings is 2. The van der Waals surface area contributed by atoms with Crippen molar-refractivity contribution < 1.29 is 9.53 Å². The lowest BCUT2D eigenvalue weighted by Crippen LogP contribution is -2.49. The Bertz CT molecular complexity index is 807. The molecule has 1 fully saturated rings. The van der Waals surface area contributed by atoms with Gasteiger partial charge < -0.3 is 14.5 Å². The summed E-state index contributed by atoms with van der Waals surface area (Å²) in [5, 5.41) is 9.69. The summed E-state index contributed by atoms with van der Waals surface area (Å²) < 4.78 is 5.41. The van der Waals surface area contributed by atoms with Gasteiger partial charge in [-0.1, -0.05) is 42.5 Å². The van der Waals surface area contributed by atoms with Crippen molar-refractivity contribution in [2.75, 3.05) is 45.2 Å². The van der Waals surface area contributed by atoms with E-state index in [2.05, 4.69) is 11.0 Å². The Morgan fingerprint density at radius 2 is 1.71 bits per heavy atom. The molecule has 0 spiro atoms. The van der Waals surface area contributed by atoms with Gasteiger partial charge in [-0.05, 0) is 23.3 Å². The maximum Gasteiger partial charge on any atom is 0.410 e. The first-order valence-corrected chi connectivity index (χ1v) is 9.45. The van der Waals surface area contributed by atoms with E-state index in [0.29, 0.717) is 26.2 Å². The normalized spacial score (nSPS) is 15.5. The summed E-state index contributed by atoms with van der Waals surface area (Å²) in [7, 11) is 3.99. The lowest BCUT2D eigenvalue weighted by atomic mass is 10.0. The number of carbonyl (C=O) groups is 1. The molecule has 1 heterocycles. The second kappa shape index (κ2) is 9.25. The molecule has 1 aliphatic heterocycles. The topological polar surface area (TPSA) is 59.8 Å². The lowest BCUT2D eigenvalue weighted by molar-refractivity contribution is 0.0661. The molecule has 1 unspecified atom stereocenters. The van der Waals surface area contributed by atoms with Crippen LogP contribution in [0.25, 0.3) is 0 Å². The molecule has 28 heavy (non-hydrogen) atoms. The molecule has 6 heteroatoms.